The quantitative estimate of drug-likeness (QED) is 0.286. The molecule has 2 aromatic carbocycles. The minimum absolute atomic E-state index is 0.0527. The van der Waals surface area contributed by atoms with Crippen LogP contribution >= 0.6 is 0 Å². The molecule has 0 fully saturated rings. The summed E-state index contributed by atoms with van der Waals surface area (Å²) in [4.78, 5) is 44.0. The number of ether oxygens (including phenoxy) is 1. The number of aromatic nitrogens is 1. The van der Waals surface area contributed by atoms with Crippen molar-refractivity contribution in [3.05, 3.63) is 95.7 Å². The average molecular weight is 531 g/mol. The first-order chi connectivity index (χ1) is 18.9. The molecule has 2 amide bonds. The highest BCUT2D eigenvalue weighted by molar-refractivity contribution is 5.85. The fraction of sp³-hybridized carbons (Fsp3) is 0.355. The lowest BCUT2D eigenvalue weighted by Crippen LogP contribution is -2.44. The topological polar surface area (TPSA) is 101 Å². The Morgan fingerprint density at radius 2 is 1.62 bits per heavy atom. The van der Waals surface area contributed by atoms with Crippen LogP contribution in [0.2, 0.25) is 0 Å². The first-order valence-electron chi connectivity index (χ1n) is 13.4. The molecular weight excluding hydrogens is 492 g/mol. The van der Waals surface area contributed by atoms with Crippen LogP contribution in [-0.4, -0.2) is 53.8 Å². The lowest BCUT2D eigenvalue weighted by atomic mass is 10.1. The standard InChI is InChI=1S/C31H38N4O4/c1-24(20-31(38)39-23-27-12-7-4-8-13-27)34-29(36)22-35(19-17-25-10-5-3-6-11-25)30(37)15-9-14-26-16-18-33-28(21-26)32-2/h3-8,10-13,16,18,21,24H,9,14-15,17,19-20,22-23H2,1-2H3,(H,32,33)(H,34,36). The second-order valence-corrected chi connectivity index (χ2v) is 9.52. The molecule has 0 aliphatic heterocycles. The van der Waals surface area contributed by atoms with Gasteiger partial charge in [0.1, 0.15) is 12.4 Å². The van der Waals surface area contributed by atoms with Crippen LogP contribution in [0.4, 0.5) is 5.82 Å². The van der Waals surface area contributed by atoms with Gasteiger partial charge >= 0.3 is 5.97 Å². The molecular formula is C31H38N4O4. The van der Waals surface area contributed by atoms with Gasteiger partial charge in [-0.05, 0) is 55.0 Å². The highest BCUT2D eigenvalue weighted by Crippen LogP contribution is 2.11. The Hall–Kier alpha value is -4.20. The molecule has 1 atom stereocenters. The van der Waals surface area contributed by atoms with Crippen LogP contribution in [0.25, 0.3) is 0 Å². The van der Waals surface area contributed by atoms with Gasteiger partial charge in [0.15, 0.2) is 0 Å². The van der Waals surface area contributed by atoms with E-state index < -0.39 is 6.04 Å². The molecule has 0 saturated carbocycles. The zero-order valence-corrected chi connectivity index (χ0v) is 22.8. The number of carbonyl (C=O) groups excluding carboxylic acids is 3. The van der Waals surface area contributed by atoms with Crippen molar-refractivity contribution in [3.63, 3.8) is 0 Å². The highest BCUT2D eigenvalue weighted by atomic mass is 16.5. The largest absolute Gasteiger partial charge is 0.461 e. The Balaban J connectivity index is 1.50. The maximum absolute atomic E-state index is 13.1. The van der Waals surface area contributed by atoms with E-state index in [1.807, 2.05) is 79.8 Å². The minimum atomic E-state index is -0.417. The minimum Gasteiger partial charge on any atom is -0.461 e. The second-order valence-electron chi connectivity index (χ2n) is 9.52. The third-order valence-electron chi connectivity index (χ3n) is 6.26. The summed E-state index contributed by atoms with van der Waals surface area (Å²) in [6.45, 7) is 2.32. The van der Waals surface area contributed by atoms with Gasteiger partial charge in [-0.2, -0.15) is 0 Å². The Kier molecular flexibility index (Phi) is 12.0. The summed E-state index contributed by atoms with van der Waals surface area (Å²) in [5.74, 6) is 0.0331. The summed E-state index contributed by atoms with van der Waals surface area (Å²) in [6, 6.07) is 22.8. The van der Waals surface area contributed by atoms with Crippen molar-refractivity contribution in [1.82, 2.24) is 15.2 Å². The van der Waals surface area contributed by atoms with E-state index >= 15 is 0 Å². The van der Waals surface area contributed by atoms with Crippen molar-refractivity contribution in [2.24, 2.45) is 0 Å². The number of hydrogen-bond donors (Lipinski definition) is 2. The third kappa shape index (κ3) is 11.0. The summed E-state index contributed by atoms with van der Waals surface area (Å²) in [5, 5.41) is 5.86. The molecule has 8 heteroatoms. The molecule has 2 N–H and O–H groups in total. The number of nitrogens with zero attached hydrogens (tertiary/aromatic N) is 2. The monoisotopic (exact) mass is 530 g/mol. The fourth-order valence-electron chi connectivity index (χ4n) is 4.16. The number of hydrogen-bond acceptors (Lipinski definition) is 6. The normalized spacial score (nSPS) is 11.3. The van der Waals surface area contributed by atoms with Crippen LogP contribution in [0.5, 0.6) is 0 Å². The van der Waals surface area contributed by atoms with Crippen LogP contribution in [0, 0.1) is 0 Å². The maximum atomic E-state index is 13.1. The van der Waals surface area contributed by atoms with Crippen LogP contribution in [0.3, 0.4) is 0 Å². The number of amides is 2. The van der Waals surface area contributed by atoms with Gasteiger partial charge in [-0.25, -0.2) is 4.98 Å². The number of pyridine rings is 1. The Morgan fingerprint density at radius 3 is 2.31 bits per heavy atom. The van der Waals surface area contributed by atoms with Crippen molar-refractivity contribution >= 4 is 23.6 Å². The Labute approximate surface area is 230 Å². The van der Waals surface area contributed by atoms with E-state index in [0.717, 1.165) is 28.9 Å². The Bertz CT molecular complexity index is 1190. The summed E-state index contributed by atoms with van der Waals surface area (Å²) in [7, 11) is 1.82. The zero-order chi connectivity index (χ0) is 27.9. The molecule has 0 radical (unpaired) electrons. The van der Waals surface area contributed by atoms with Gasteiger partial charge in [-0.3, -0.25) is 14.4 Å². The van der Waals surface area contributed by atoms with Crippen molar-refractivity contribution in [2.45, 2.75) is 51.7 Å². The number of esters is 1. The highest BCUT2D eigenvalue weighted by Gasteiger charge is 2.19. The van der Waals surface area contributed by atoms with E-state index in [-0.39, 0.29) is 37.4 Å². The van der Waals surface area contributed by atoms with Gasteiger partial charge in [-0.15, -0.1) is 0 Å². The van der Waals surface area contributed by atoms with Gasteiger partial charge in [-0.1, -0.05) is 60.7 Å². The fourth-order valence-corrected chi connectivity index (χ4v) is 4.16. The smallest absolute Gasteiger partial charge is 0.308 e. The molecule has 0 bridgehead atoms. The van der Waals surface area contributed by atoms with Crippen LogP contribution in [0.1, 0.15) is 42.9 Å². The molecule has 1 aromatic heterocycles. The summed E-state index contributed by atoms with van der Waals surface area (Å²) >= 11 is 0. The van der Waals surface area contributed by atoms with E-state index in [1.165, 1.54) is 0 Å². The van der Waals surface area contributed by atoms with E-state index in [2.05, 4.69) is 15.6 Å². The Morgan fingerprint density at radius 1 is 0.923 bits per heavy atom. The van der Waals surface area contributed by atoms with Gasteiger partial charge in [0.25, 0.3) is 0 Å². The SMILES string of the molecule is CNc1cc(CCCC(=O)N(CCc2ccccc2)CC(=O)NC(C)CC(=O)OCc2ccccc2)ccn1. The number of anilines is 1. The van der Waals surface area contributed by atoms with Gasteiger partial charge < -0.3 is 20.3 Å². The molecule has 1 unspecified atom stereocenters. The van der Waals surface area contributed by atoms with Crippen molar-refractivity contribution in [2.75, 3.05) is 25.5 Å². The van der Waals surface area contributed by atoms with E-state index in [0.29, 0.717) is 25.8 Å². The van der Waals surface area contributed by atoms with Gasteiger partial charge in [0.2, 0.25) is 11.8 Å². The summed E-state index contributed by atoms with van der Waals surface area (Å²) in [6.07, 6.45) is 4.19. The lowest BCUT2D eigenvalue weighted by Gasteiger charge is -2.23. The molecule has 8 nitrogen and oxygen atoms in total. The zero-order valence-electron chi connectivity index (χ0n) is 22.8. The van der Waals surface area contributed by atoms with Gasteiger partial charge in [0.05, 0.1) is 13.0 Å². The second kappa shape index (κ2) is 15.9. The lowest BCUT2D eigenvalue weighted by molar-refractivity contribution is -0.145. The predicted molar refractivity (Wildman–Crippen MR) is 152 cm³/mol. The molecule has 39 heavy (non-hydrogen) atoms. The number of benzene rings is 2. The number of nitrogens with one attached hydrogen (secondary N) is 2. The van der Waals surface area contributed by atoms with Crippen LogP contribution in [0.15, 0.2) is 79.0 Å². The molecule has 0 aliphatic rings. The number of carbonyl (C=O) groups is 3. The van der Waals surface area contributed by atoms with Crippen LogP contribution < -0.4 is 10.6 Å². The van der Waals surface area contributed by atoms with Crippen LogP contribution in [-0.2, 0) is 38.6 Å². The number of aryl methyl sites for hydroxylation is 1. The van der Waals surface area contributed by atoms with Crippen molar-refractivity contribution in [3.8, 4) is 0 Å². The molecule has 0 aliphatic carbocycles. The third-order valence-corrected chi connectivity index (χ3v) is 6.26. The summed E-state index contributed by atoms with van der Waals surface area (Å²) < 4.78 is 5.32. The predicted octanol–water partition coefficient (Wildman–Crippen LogP) is 4.16. The summed E-state index contributed by atoms with van der Waals surface area (Å²) in [5.41, 5.74) is 3.10. The average Bonchev–Trinajstić information content (AvgIpc) is 2.95. The molecule has 1 heterocycles. The van der Waals surface area contributed by atoms with Gasteiger partial charge in [0, 0.05) is 32.3 Å². The molecule has 3 rings (SSSR count). The maximum Gasteiger partial charge on any atom is 0.308 e. The number of rotatable bonds is 15. The van der Waals surface area contributed by atoms with Crippen molar-refractivity contribution < 1.29 is 19.1 Å². The molecule has 0 spiro atoms. The van der Waals surface area contributed by atoms with Crippen molar-refractivity contribution in [1.29, 1.82) is 0 Å². The molecule has 0 saturated heterocycles. The first-order valence-corrected chi connectivity index (χ1v) is 13.4. The molecule has 206 valence electrons. The van der Waals surface area contributed by atoms with E-state index in [1.54, 1.807) is 18.0 Å². The molecule has 3 aromatic rings. The first kappa shape index (κ1) is 29.4. The van der Waals surface area contributed by atoms with E-state index in [9.17, 15) is 14.4 Å². The van der Waals surface area contributed by atoms with E-state index in [4.69, 9.17) is 4.74 Å².